The molecule has 0 aromatic heterocycles. The fraction of sp³-hybridized carbons (Fsp3) is 0.300. The molecule has 2 aromatic carbocycles. The molecule has 0 aliphatic heterocycles. The molecular formula is C20H24O2. The standard InChI is InChI=1S/C20H24O2/c1-2-16-8-10-18(11-9-16)19(15-20(22)12-13-21)14-17-6-4-3-5-7-17/h3-11,14,20-22H,2,12-13,15H2,1H3/b19-14+. The average Bonchev–Trinajstić information content (AvgIpc) is 2.55. The van der Waals surface area contributed by atoms with Crippen molar-refractivity contribution in [2.24, 2.45) is 0 Å². The molecule has 0 saturated heterocycles. The molecule has 22 heavy (non-hydrogen) atoms. The highest BCUT2D eigenvalue weighted by Gasteiger charge is 2.09. The molecule has 0 aliphatic rings. The predicted molar refractivity (Wildman–Crippen MR) is 92.5 cm³/mol. The van der Waals surface area contributed by atoms with Gasteiger partial charge in [0, 0.05) is 6.61 Å². The van der Waals surface area contributed by atoms with E-state index in [1.54, 1.807) is 0 Å². The molecule has 0 radical (unpaired) electrons. The zero-order valence-electron chi connectivity index (χ0n) is 13.1. The van der Waals surface area contributed by atoms with E-state index >= 15 is 0 Å². The van der Waals surface area contributed by atoms with Crippen molar-refractivity contribution in [2.75, 3.05) is 6.61 Å². The van der Waals surface area contributed by atoms with Crippen LogP contribution < -0.4 is 0 Å². The summed E-state index contributed by atoms with van der Waals surface area (Å²) in [6, 6.07) is 18.6. The smallest absolute Gasteiger partial charge is 0.0602 e. The minimum absolute atomic E-state index is 0.00849. The fourth-order valence-electron chi connectivity index (χ4n) is 2.47. The molecule has 2 rings (SSSR count). The van der Waals surface area contributed by atoms with Gasteiger partial charge in [0.25, 0.3) is 0 Å². The second-order valence-electron chi connectivity index (χ2n) is 5.50. The molecule has 0 fully saturated rings. The van der Waals surface area contributed by atoms with Gasteiger partial charge in [-0.05, 0) is 41.5 Å². The van der Waals surface area contributed by atoms with Crippen molar-refractivity contribution in [2.45, 2.75) is 32.3 Å². The van der Waals surface area contributed by atoms with E-state index in [0.29, 0.717) is 12.8 Å². The van der Waals surface area contributed by atoms with Crippen LogP contribution in [0, 0.1) is 0 Å². The minimum Gasteiger partial charge on any atom is -0.396 e. The molecule has 0 saturated carbocycles. The van der Waals surface area contributed by atoms with Crippen molar-refractivity contribution >= 4 is 11.6 Å². The van der Waals surface area contributed by atoms with Crippen LogP contribution in [0.15, 0.2) is 54.6 Å². The second kappa shape index (κ2) is 8.52. The van der Waals surface area contributed by atoms with E-state index in [2.05, 4.69) is 49.4 Å². The number of hydrogen-bond donors (Lipinski definition) is 2. The lowest BCUT2D eigenvalue weighted by Crippen LogP contribution is -2.09. The Bertz CT molecular complexity index is 585. The van der Waals surface area contributed by atoms with E-state index in [0.717, 1.165) is 23.1 Å². The Balaban J connectivity index is 2.29. The van der Waals surface area contributed by atoms with Gasteiger partial charge in [-0.25, -0.2) is 0 Å². The normalized spacial score (nSPS) is 13.1. The van der Waals surface area contributed by atoms with Crippen LogP contribution in [0.25, 0.3) is 11.6 Å². The molecule has 0 heterocycles. The van der Waals surface area contributed by atoms with Gasteiger partial charge in [-0.3, -0.25) is 0 Å². The maximum Gasteiger partial charge on any atom is 0.0602 e. The summed E-state index contributed by atoms with van der Waals surface area (Å²) in [5.41, 5.74) is 4.64. The summed E-state index contributed by atoms with van der Waals surface area (Å²) in [5, 5.41) is 19.1. The molecule has 2 nitrogen and oxygen atoms in total. The Morgan fingerprint density at radius 3 is 2.32 bits per heavy atom. The molecule has 0 spiro atoms. The third kappa shape index (κ3) is 4.83. The largest absolute Gasteiger partial charge is 0.396 e. The minimum atomic E-state index is -0.522. The molecule has 0 aliphatic carbocycles. The summed E-state index contributed by atoms with van der Waals surface area (Å²) in [7, 11) is 0. The zero-order chi connectivity index (χ0) is 15.8. The van der Waals surface area contributed by atoms with Crippen molar-refractivity contribution in [1.82, 2.24) is 0 Å². The van der Waals surface area contributed by atoms with Crippen molar-refractivity contribution < 1.29 is 10.2 Å². The van der Waals surface area contributed by atoms with Crippen LogP contribution in [0.3, 0.4) is 0 Å². The molecule has 0 bridgehead atoms. The highest BCUT2D eigenvalue weighted by atomic mass is 16.3. The Labute approximate surface area is 132 Å². The number of aliphatic hydroxyl groups excluding tert-OH is 2. The monoisotopic (exact) mass is 296 g/mol. The molecule has 1 unspecified atom stereocenters. The van der Waals surface area contributed by atoms with Gasteiger partial charge in [0.05, 0.1) is 6.10 Å². The van der Waals surface area contributed by atoms with E-state index in [-0.39, 0.29) is 6.61 Å². The van der Waals surface area contributed by atoms with Crippen LogP contribution >= 0.6 is 0 Å². The Hall–Kier alpha value is -1.90. The molecule has 2 N–H and O–H groups in total. The number of aryl methyl sites for hydroxylation is 1. The first-order valence-electron chi connectivity index (χ1n) is 7.86. The second-order valence-corrected chi connectivity index (χ2v) is 5.50. The van der Waals surface area contributed by atoms with Gasteiger partial charge < -0.3 is 10.2 Å². The van der Waals surface area contributed by atoms with Gasteiger partial charge in [0.15, 0.2) is 0 Å². The summed E-state index contributed by atoms with van der Waals surface area (Å²) < 4.78 is 0. The summed E-state index contributed by atoms with van der Waals surface area (Å²) in [5.74, 6) is 0. The van der Waals surface area contributed by atoms with Crippen molar-refractivity contribution in [3.63, 3.8) is 0 Å². The maximum atomic E-state index is 10.1. The van der Waals surface area contributed by atoms with Crippen LogP contribution in [0.5, 0.6) is 0 Å². The molecule has 2 aromatic rings. The molecule has 116 valence electrons. The fourth-order valence-corrected chi connectivity index (χ4v) is 2.47. The van der Waals surface area contributed by atoms with E-state index < -0.39 is 6.10 Å². The summed E-state index contributed by atoms with van der Waals surface area (Å²) >= 11 is 0. The Morgan fingerprint density at radius 2 is 1.73 bits per heavy atom. The van der Waals surface area contributed by atoms with Crippen LogP contribution in [0.1, 0.15) is 36.5 Å². The van der Waals surface area contributed by atoms with Gasteiger partial charge in [-0.2, -0.15) is 0 Å². The van der Waals surface area contributed by atoms with Gasteiger partial charge >= 0.3 is 0 Å². The van der Waals surface area contributed by atoms with Crippen molar-refractivity contribution in [1.29, 1.82) is 0 Å². The summed E-state index contributed by atoms with van der Waals surface area (Å²) in [6.07, 6.45) is 3.55. The van der Waals surface area contributed by atoms with Crippen LogP contribution in [0.4, 0.5) is 0 Å². The molecule has 0 amide bonds. The molecule has 1 atom stereocenters. The average molecular weight is 296 g/mol. The third-order valence-electron chi connectivity index (χ3n) is 3.79. The first-order chi connectivity index (χ1) is 10.7. The van der Waals surface area contributed by atoms with E-state index in [1.165, 1.54) is 5.56 Å². The summed E-state index contributed by atoms with van der Waals surface area (Å²) in [4.78, 5) is 0. The van der Waals surface area contributed by atoms with Crippen LogP contribution in [-0.4, -0.2) is 22.9 Å². The lowest BCUT2D eigenvalue weighted by molar-refractivity contribution is 0.137. The van der Waals surface area contributed by atoms with Crippen molar-refractivity contribution in [3.8, 4) is 0 Å². The number of aliphatic hydroxyl groups is 2. The highest BCUT2D eigenvalue weighted by Crippen LogP contribution is 2.24. The third-order valence-corrected chi connectivity index (χ3v) is 3.79. The van der Waals surface area contributed by atoms with Gasteiger partial charge in [-0.15, -0.1) is 0 Å². The number of benzene rings is 2. The summed E-state index contributed by atoms with van der Waals surface area (Å²) in [6.45, 7) is 2.15. The van der Waals surface area contributed by atoms with Crippen LogP contribution in [0.2, 0.25) is 0 Å². The Kier molecular flexibility index (Phi) is 6.38. The van der Waals surface area contributed by atoms with Crippen LogP contribution in [-0.2, 0) is 6.42 Å². The lowest BCUT2D eigenvalue weighted by Gasteiger charge is -2.14. The Morgan fingerprint density at radius 1 is 1.05 bits per heavy atom. The maximum absolute atomic E-state index is 10.1. The quantitative estimate of drug-likeness (QED) is 0.760. The first-order valence-corrected chi connectivity index (χ1v) is 7.86. The number of rotatable bonds is 7. The topological polar surface area (TPSA) is 40.5 Å². The SMILES string of the molecule is CCc1ccc(/C(=C/c2ccccc2)CC(O)CCO)cc1. The lowest BCUT2D eigenvalue weighted by atomic mass is 9.95. The molecule has 2 heteroatoms. The molecular weight excluding hydrogens is 272 g/mol. The van der Waals surface area contributed by atoms with E-state index in [1.807, 2.05) is 18.2 Å². The van der Waals surface area contributed by atoms with Gasteiger partial charge in [-0.1, -0.05) is 67.6 Å². The van der Waals surface area contributed by atoms with Gasteiger partial charge in [0.2, 0.25) is 0 Å². The zero-order valence-corrected chi connectivity index (χ0v) is 13.1. The first kappa shape index (κ1) is 16.5. The highest BCUT2D eigenvalue weighted by molar-refractivity contribution is 5.81. The van der Waals surface area contributed by atoms with E-state index in [9.17, 15) is 5.11 Å². The predicted octanol–water partition coefficient (Wildman–Crippen LogP) is 3.92. The van der Waals surface area contributed by atoms with E-state index in [4.69, 9.17) is 5.11 Å². The van der Waals surface area contributed by atoms with Crippen molar-refractivity contribution in [3.05, 3.63) is 71.3 Å². The van der Waals surface area contributed by atoms with Gasteiger partial charge in [0.1, 0.15) is 0 Å². The number of hydrogen-bond acceptors (Lipinski definition) is 2.